The Morgan fingerprint density at radius 2 is 1.29 bits per heavy atom. The first kappa shape index (κ1) is 32.1. The number of aryl methyl sites for hydroxylation is 2. The van der Waals surface area contributed by atoms with Crippen LogP contribution in [-0.4, -0.2) is 101 Å². The van der Waals surface area contributed by atoms with Crippen LogP contribution in [0.3, 0.4) is 0 Å². The molecule has 2 aromatic carbocycles. The first-order valence-corrected chi connectivity index (χ1v) is 15.1. The zero-order valence-electron chi connectivity index (χ0n) is 21.9. The highest BCUT2D eigenvalue weighted by molar-refractivity contribution is 7.89. The second-order valence-electron chi connectivity index (χ2n) is 8.66. The van der Waals surface area contributed by atoms with Gasteiger partial charge in [0.2, 0.25) is 20.0 Å². The molecule has 0 heterocycles. The molecule has 0 radical (unpaired) electrons. The quantitative estimate of drug-likeness (QED) is 0.204. The van der Waals surface area contributed by atoms with Gasteiger partial charge in [0.05, 0.1) is 48.9 Å². The largest absolute Gasteiger partial charge is 0.395 e. The van der Waals surface area contributed by atoms with E-state index in [1.807, 2.05) is 13.8 Å². The highest BCUT2D eigenvalue weighted by Gasteiger charge is 2.28. The standard InChI is InChI=1S/C26H38N2O8S2/c1-4-18-35-21-24(20-28(14-17-30)38(33,34)26-11-7-23(3)8-12-26)36-19-15-27(13-16-29)37(31,32)25-9-5-22(2)6-10-25/h4-12,24,29-30H,1,13-21H2,2-3H3. The maximum absolute atomic E-state index is 13.3. The Bertz CT molecular complexity index is 1200. The fraction of sp³-hybridized carbons (Fsp3) is 0.462. The molecule has 0 aliphatic carbocycles. The van der Waals surface area contributed by atoms with Crippen molar-refractivity contribution in [1.29, 1.82) is 0 Å². The number of rotatable bonds is 18. The van der Waals surface area contributed by atoms with Gasteiger partial charge < -0.3 is 19.7 Å². The maximum Gasteiger partial charge on any atom is 0.243 e. The lowest BCUT2D eigenvalue weighted by Gasteiger charge is -2.28. The lowest BCUT2D eigenvalue weighted by Crippen LogP contribution is -2.43. The van der Waals surface area contributed by atoms with Gasteiger partial charge in [-0.1, -0.05) is 41.5 Å². The van der Waals surface area contributed by atoms with E-state index in [4.69, 9.17) is 9.47 Å². The summed E-state index contributed by atoms with van der Waals surface area (Å²) in [7, 11) is -7.82. The predicted molar refractivity (Wildman–Crippen MR) is 145 cm³/mol. The molecule has 212 valence electrons. The van der Waals surface area contributed by atoms with Crippen molar-refractivity contribution in [2.75, 3.05) is 59.2 Å². The number of hydrogen-bond donors (Lipinski definition) is 2. The summed E-state index contributed by atoms with van der Waals surface area (Å²) in [5.41, 5.74) is 1.82. The first-order chi connectivity index (χ1) is 18.1. The minimum Gasteiger partial charge on any atom is -0.395 e. The predicted octanol–water partition coefficient (Wildman–Crippen LogP) is 1.56. The topological polar surface area (TPSA) is 134 Å². The van der Waals surface area contributed by atoms with Crippen LogP contribution in [0.25, 0.3) is 0 Å². The molecule has 0 aromatic heterocycles. The smallest absolute Gasteiger partial charge is 0.243 e. The second kappa shape index (κ2) is 15.4. The first-order valence-electron chi connectivity index (χ1n) is 12.2. The highest BCUT2D eigenvalue weighted by atomic mass is 32.2. The van der Waals surface area contributed by atoms with Crippen molar-refractivity contribution >= 4 is 20.0 Å². The van der Waals surface area contributed by atoms with E-state index in [-0.39, 0.29) is 62.4 Å². The third kappa shape index (κ3) is 9.24. The van der Waals surface area contributed by atoms with Crippen LogP contribution in [0.1, 0.15) is 11.1 Å². The summed E-state index contributed by atoms with van der Waals surface area (Å²) in [6.07, 6.45) is 0.780. The molecule has 10 nitrogen and oxygen atoms in total. The number of ether oxygens (including phenoxy) is 2. The fourth-order valence-electron chi connectivity index (χ4n) is 3.59. The summed E-state index contributed by atoms with van der Waals surface area (Å²) in [5.74, 6) is 0. The van der Waals surface area contributed by atoms with Gasteiger partial charge in [-0.2, -0.15) is 8.61 Å². The van der Waals surface area contributed by atoms with E-state index >= 15 is 0 Å². The summed E-state index contributed by atoms with van der Waals surface area (Å²) >= 11 is 0. The Morgan fingerprint density at radius 3 is 1.76 bits per heavy atom. The summed E-state index contributed by atoms with van der Waals surface area (Å²) in [6, 6.07) is 12.8. The molecule has 0 fully saturated rings. The Balaban J connectivity index is 2.18. The third-order valence-electron chi connectivity index (χ3n) is 5.66. The monoisotopic (exact) mass is 570 g/mol. The molecule has 1 unspecified atom stereocenters. The van der Waals surface area contributed by atoms with Gasteiger partial charge in [0.15, 0.2) is 0 Å². The summed E-state index contributed by atoms with van der Waals surface area (Å²) in [6.45, 7) is 6.19. The van der Waals surface area contributed by atoms with Crippen molar-refractivity contribution in [3.63, 3.8) is 0 Å². The molecule has 2 N–H and O–H groups in total. The Hall–Kier alpha value is -2.16. The SMILES string of the molecule is C=CCOCC(CN(CCO)S(=O)(=O)c1ccc(C)cc1)OCCN(CCO)S(=O)(=O)c1ccc(C)cc1. The molecule has 0 aliphatic rings. The van der Waals surface area contributed by atoms with Gasteiger partial charge in [0.1, 0.15) is 0 Å². The average Bonchev–Trinajstić information content (AvgIpc) is 2.88. The molecule has 12 heteroatoms. The summed E-state index contributed by atoms with van der Waals surface area (Å²) in [5, 5.41) is 19.0. The second-order valence-corrected chi connectivity index (χ2v) is 12.5. The van der Waals surface area contributed by atoms with Crippen molar-refractivity contribution in [3.05, 3.63) is 72.3 Å². The van der Waals surface area contributed by atoms with E-state index in [0.29, 0.717) is 0 Å². The number of benzene rings is 2. The van der Waals surface area contributed by atoms with Gasteiger partial charge in [-0.3, -0.25) is 0 Å². The fourth-order valence-corrected chi connectivity index (χ4v) is 6.47. The summed E-state index contributed by atoms with van der Waals surface area (Å²) in [4.78, 5) is 0.182. The Morgan fingerprint density at radius 1 is 0.816 bits per heavy atom. The van der Waals surface area contributed by atoms with Crippen molar-refractivity contribution in [2.45, 2.75) is 29.7 Å². The lowest BCUT2D eigenvalue weighted by atomic mass is 10.2. The number of aliphatic hydroxyl groups is 2. The van der Waals surface area contributed by atoms with Crippen LogP contribution in [0.5, 0.6) is 0 Å². The van der Waals surface area contributed by atoms with Crippen molar-refractivity contribution < 1.29 is 36.5 Å². The molecule has 0 aliphatic heterocycles. The average molecular weight is 571 g/mol. The number of hydrogen-bond acceptors (Lipinski definition) is 8. The van der Waals surface area contributed by atoms with Gasteiger partial charge >= 0.3 is 0 Å². The van der Waals surface area contributed by atoms with Crippen LogP contribution in [0.15, 0.2) is 71.0 Å². The van der Waals surface area contributed by atoms with Crippen LogP contribution < -0.4 is 0 Å². The van der Waals surface area contributed by atoms with Gasteiger partial charge in [0.25, 0.3) is 0 Å². The number of sulfonamides is 2. The minimum absolute atomic E-state index is 0.0160. The molecule has 0 bridgehead atoms. The zero-order valence-corrected chi connectivity index (χ0v) is 23.5. The van der Waals surface area contributed by atoms with E-state index in [1.54, 1.807) is 30.3 Å². The highest BCUT2D eigenvalue weighted by Crippen LogP contribution is 2.19. The van der Waals surface area contributed by atoms with Crippen LogP contribution in [0, 0.1) is 13.8 Å². The van der Waals surface area contributed by atoms with E-state index in [2.05, 4.69) is 6.58 Å². The third-order valence-corrected chi connectivity index (χ3v) is 9.45. The van der Waals surface area contributed by atoms with Gasteiger partial charge in [-0.05, 0) is 38.1 Å². The van der Waals surface area contributed by atoms with Crippen molar-refractivity contribution in [2.24, 2.45) is 0 Å². The van der Waals surface area contributed by atoms with Crippen LogP contribution in [0.4, 0.5) is 0 Å². The normalized spacial score (nSPS) is 13.2. The number of aliphatic hydroxyl groups excluding tert-OH is 2. The minimum atomic E-state index is -3.94. The molecule has 0 saturated heterocycles. The van der Waals surface area contributed by atoms with Crippen molar-refractivity contribution in [1.82, 2.24) is 8.61 Å². The molecule has 2 rings (SSSR count). The molecule has 1 atom stereocenters. The van der Waals surface area contributed by atoms with Crippen LogP contribution in [0.2, 0.25) is 0 Å². The van der Waals surface area contributed by atoms with Crippen LogP contribution >= 0.6 is 0 Å². The number of nitrogens with zero attached hydrogens (tertiary/aromatic N) is 2. The maximum atomic E-state index is 13.3. The Labute approximate surface area is 226 Å². The Kier molecular flexibility index (Phi) is 13.0. The van der Waals surface area contributed by atoms with E-state index < -0.39 is 32.8 Å². The van der Waals surface area contributed by atoms with E-state index in [1.165, 1.54) is 24.3 Å². The van der Waals surface area contributed by atoms with Gasteiger partial charge in [-0.25, -0.2) is 16.8 Å². The molecule has 38 heavy (non-hydrogen) atoms. The van der Waals surface area contributed by atoms with Crippen molar-refractivity contribution in [3.8, 4) is 0 Å². The molecule has 2 aromatic rings. The molecule has 0 spiro atoms. The lowest BCUT2D eigenvalue weighted by molar-refractivity contribution is -0.0212. The summed E-state index contributed by atoms with van der Waals surface area (Å²) < 4.78 is 66.4. The van der Waals surface area contributed by atoms with Gasteiger partial charge in [-0.15, -0.1) is 6.58 Å². The van der Waals surface area contributed by atoms with E-state index in [0.717, 1.165) is 19.7 Å². The zero-order chi connectivity index (χ0) is 28.2. The molecule has 0 saturated carbocycles. The molecule has 0 amide bonds. The van der Waals surface area contributed by atoms with E-state index in [9.17, 15) is 27.0 Å². The molecular formula is C26H38N2O8S2. The molecular weight excluding hydrogens is 532 g/mol. The van der Waals surface area contributed by atoms with Gasteiger partial charge in [0, 0.05) is 26.2 Å². The van der Waals surface area contributed by atoms with Crippen LogP contribution in [-0.2, 0) is 29.5 Å².